The second kappa shape index (κ2) is 4.79. The largest absolute Gasteiger partial charge is 0.491 e. The molecular formula is C10H17N3O. The predicted molar refractivity (Wildman–Crippen MR) is 56.9 cm³/mol. The van der Waals surface area contributed by atoms with E-state index < -0.39 is 0 Å². The summed E-state index contributed by atoms with van der Waals surface area (Å²) >= 11 is 0. The molecule has 78 valence electrons. The fraction of sp³-hybridized carbons (Fsp3) is 0.600. The number of hydrogen-bond donors (Lipinski definition) is 1. The van der Waals surface area contributed by atoms with Gasteiger partial charge < -0.3 is 10.1 Å². The first-order valence-corrected chi connectivity index (χ1v) is 4.82. The van der Waals surface area contributed by atoms with E-state index in [0.29, 0.717) is 0 Å². The second-order valence-electron chi connectivity index (χ2n) is 3.10. The summed E-state index contributed by atoms with van der Waals surface area (Å²) in [5.74, 6) is 2.31. The van der Waals surface area contributed by atoms with Crippen LogP contribution in [0, 0.1) is 6.92 Å². The summed E-state index contributed by atoms with van der Waals surface area (Å²) in [6.45, 7) is 4.01. The van der Waals surface area contributed by atoms with Gasteiger partial charge >= 0.3 is 0 Å². The molecule has 1 aromatic rings. The number of ether oxygens (including phenoxy) is 1. The molecule has 0 saturated carbocycles. The van der Waals surface area contributed by atoms with Gasteiger partial charge in [0, 0.05) is 7.05 Å². The SMILES string of the molecule is CCCc1nc(C)nc(NC)c1OC. The lowest BCUT2D eigenvalue weighted by Gasteiger charge is -2.11. The summed E-state index contributed by atoms with van der Waals surface area (Å²) in [7, 11) is 3.48. The summed E-state index contributed by atoms with van der Waals surface area (Å²) < 4.78 is 5.29. The van der Waals surface area contributed by atoms with Gasteiger partial charge in [0.15, 0.2) is 11.6 Å². The number of anilines is 1. The average molecular weight is 195 g/mol. The lowest BCUT2D eigenvalue weighted by atomic mass is 10.2. The zero-order valence-corrected chi connectivity index (χ0v) is 9.22. The van der Waals surface area contributed by atoms with Crippen LogP contribution in [0.15, 0.2) is 0 Å². The summed E-state index contributed by atoms with van der Waals surface area (Å²) in [4.78, 5) is 8.62. The molecule has 4 nitrogen and oxygen atoms in total. The van der Waals surface area contributed by atoms with Crippen LogP contribution in [-0.4, -0.2) is 24.1 Å². The summed E-state index contributed by atoms with van der Waals surface area (Å²) in [6, 6.07) is 0. The third-order valence-electron chi connectivity index (χ3n) is 1.98. The molecule has 1 heterocycles. The van der Waals surface area contributed by atoms with Crippen molar-refractivity contribution < 1.29 is 4.74 Å². The maximum atomic E-state index is 5.29. The van der Waals surface area contributed by atoms with Crippen molar-refractivity contribution in [1.82, 2.24) is 9.97 Å². The van der Waals surface area contributed by atoms with E-state index in [1.807, 2.05) is 14.0 Å². The molecule has 0 aliphatic rings. The smallest absolute Gasteiger partial charge is 0.182 e. The van der Waals surface area contributed by atoms with Crippen molar-refractivity contribution in [1.29, 1.82) is 0 Å². The van der Waals surface area contributed by atoms with Gasteiger partial charge in [0.05, 0.1) is 12.8 Å². The van der Waals surface area contributed by atoms with Crippen molar-refractivity contribution in [2.24, 2.45) is 0 Å². The quantitative estimate of drug-likeness (QED) is 0.795. The topological polar surface area (TPSA) is 47.0 Å². The van der Waals surface area contributed by atoms with E-state index in [9.17, 15) is 0 Å². The number of nitrogens with zero attached hydrogens (tertiary/aromatic N) is 2. The average Bonchev–Trinajstić information content (AvgIpc) is 2.17. The number of hydrogen-bond acceptors (Lipinski definition) is 4. The van der Waals surface area contributed by atoms with E-state index in [4.69, 9.17) is 4.74 Å². The lowest BCUT2D eigenvalue weighted by Crippen LogP contribution is -2.05. The first-order chi connectivity index (χ1) is 6.72. The lowest BCUT2D eigenvalue weighted by molar-refractivity contribution is 0.406. The summed E-state index contributed by atoms with van der Waals surface area (Å²) in [6.07, 6.45) is 1.97. The van der Waals surface area contributed by atoms with Gasteiger partial charge in [-0.2, -0.15) is 0 Å². The first-order valence-electron chi connectivity index (χ1n) is 4.82. The Morgan fingerprint density at radius 3 is 2.57 bits per heavy atom. The van der Waals surface area contributed by atoms with Crippen LogP contribution in [0.4, 0.5) is 5.82 Å². The van der Waals surface area contributed by atoms with Crippen LogP contribution >= 0.6 is 0 Å². The van der Waals surface area contributed by atoms with E-state index in [2.05, 4.69) is 22.2 Å². The van der Waals surface area contributed by atoms with Crippen molar-refractivity contribution in [3.8, 4) is 5.75 Å². The Labute approximate surface area is 84.7 Å². The minimum absolute atomic E-state index is 0.764. The van der Waals surface area contributed by atoms with Crippen LogP contribution in [0.25, 0.3) is 0 Å². The standard InChI is InChI=1S/C10H17N3O/c1-5-6-8-9(14-4)10(11-3)13-7(2)12-8/h5-6H2,1-4H3,(H,11,12,13). The van der Waals surface area contributed by atoms with Gasteiger partial charge in [-0.05, 0) is 13.3 Å². The van der Waals surface area contributed by atoms with E-state index >= 15 is 0 Å². The maximum Gasteiger partial charge on any atom is 0.182 e. The van der Waals surface area contributed by atoms with Gasteiger partial charge in [0.2, 0.25) is 0 Å². The van der Waals surface area contributed by atoms with Crippen LogP contribution in [0.5, 0.6) is 5.75 Å². The highest BCUT2D eigenvalue weighted by molar-refractivity contribution is 5.52. The van der Waals surface area contributed by atoms with Crippen molar-refractivity contribution in [3.05, 3.63) is 11.5 Å². The third-order valence-corrected chi connectivity index (χ3v) is 1.98. The van der Waals surface area contributed by atoms with E-state index in [-0.39, 0.29) is 0 Å². The highest BCUT2D eigenvalue weighted by Gasteiger charge is 2.11. The molecule has 1 aromatic heterocycles. The van der Waals surface area contributed by atoms with Gasteiger partial charge in [0.25, 0.3) is 0 Å². The molecule has 4 heteroatoms. The molecular weight excluding hydrogens is 178 g/mol. The number of rotatable bonds is 4. The van der Waals surface area contributed by atoms with Crippen LogP contribution < -0.4 is 10.1 Å². The zero-order chi connectivity index (χ0) is 10.6. The highest BCUT2D eigenvalue weighted by Crippen LogP contribution is 2.25. The van der Waals surface area contributed by atoms with Gasteiger partial charge in [-0.3, -0.25) is 0 Å². The Bertz CT molecular complexity index is 312. The van der Waals surface area contributed by atoms with Crippen LogP contribution in [0.2, 0.25) is 0 Å². The molecule has 0 bridgehead atoms. The molecule has 0 atom stereocenters. The van der Waals surface area contributed by atoms with Crippen molar-refractivity contribution in [3.63, 3.8) is 0 Å². The molecule has 0 fully saturated rings. The molecule has 0 saturated heterocycles. The normalized spacial score (nSPS) is 10.0. The Morgan fingerprint density at radius 1 is 1.36 bits per heavy atom. The Morgan fingerprint density at radius 2 is 2.07 bits per heavy atom. The van der Waals surface area contributed by atoms with Gasteiger partial charge in [-0.15, -0.1) is 0 Å². The van der Waals surface area contributed by atoms with Gasteiger partial charge in [-0.25, -0.2) is 9.97 Å². The molecule has 0 spiro atoms. The van der Waals surface area contributed by atoms with Crippen LogP contribution in [-0.2, 0) is 6.42 Å². The molecule has 0 aliphatic carbocycles. The highest BCUT2D eigenvalue weighted by atomic mass is 16.5. The number of aryl methyl sites for hydroxylation is 2. The zero-order valence-electron chi connectivity index (χ0n) is 9.22. The fourth-order valence-electron chi connectivity index (χ4n) is 1.41. The van der Waals surface area contributed by atoms with Gasteiger partial charge in [0.1, 0.15) is 5.82 Å². The second-order valence-corrected chi connectivity index (χ2v) is 3.10. The van der Waals surface area contributed by atoms with E-state index in [1.165, 1.54) is 0 Å². The summed E-state index contributed by atoms with van der Waals surface area (Å²) in [5, 5.41) is 3.01. The van der Waals surface area contributed by atoms with E-state index in [1.54, 1.807) is 7.11 Å². The van der Waals surface area contributed by atoms with E-state index in [0.717, 1.165) is 35.9 Å². The Hall–Kier alpha value is -1.32. The molecule has 0 aromatic carbocycles. The van der Waals surface area contributed by atoms with Crippen LogP contribution in [0.3, 0.4) is 0 Å². The maximum absolute atomic E-state index is 5.29. The van der Waals surface area contributed by atoms with Crippen LogP contribution in [0.1, 0.15) is 24.9 Å². The number of nitrogens with one attached hydrogen (secondary N) is 1. The fourth-order valence-corrected chi connectivity index (χ4v) is 1.41. The number of aromatic nitrogens is 2. The molecule has 0 radical (unpaired) electrons. The third kappa shape index (κ3) is 2.13. The minimum atomic E-state index is 0.764. The number of methoxy groups -OCH3 is 1. The van der Waals surface area contributed by atoms with Crippen molar-refractivity contribution in [2.45, 2.75) is 26.7 Å². The Balaban J connectivity index is 3.17. The molecule has 0 unspecified atom stereocenters. The molecule has 0 amide bonds. The minimum Gasteiger partial charge on any atom is -0.491 e. The molecule has 1 N–H and O–H groups in total. The van der Waals surface area contributed by atoms with Crippen molar-refractivity contribution in [2.75, 3.05) is 19.5 Å². The monoisotopic (exact) mass is 195 g/mol. The van der Waals surface area contributed by atoms with Crippen molar-refractivity contribution >= 4 is 5.82 Å². The summed E-state index contributed by atoms with van der Waals surface area (Å²) in [5.41, 5.74) is 0.979. The molecule has 14 heavy (non-hydrogen) atoms. The molecule has 0 aliphatic heterocycles. The molecule has 1 rings (SSSR count). The Kier molecular flexibility index (Phi) is 3.68. The predicted octanol–water partition coefficient (Wildman–Crippen LogP) is 1.79. The first kappa shape index (κ1) is 10.8. The van der Waals surface area contributed by atoms with Gasteiger partial charge in [-0.1, -0.05) is 13.3 Å².